The molecule has 17 heavy (non-hydrogen) atoms. The van der Waals surface area contributed by atoms with Gasteiger partial charge in [0.25, 0.3) is 5.56 Å². The molecule has 0 saturated heterocycles. The molecule has 88 valence electrons. The first-order valence-electron chi connectivity index (χ1n) is 5.42. The van der Waals surface area contributed by atoms with E-state index in [1.807, 2.05) is 6.07 Å². The molecule has 0 unspecified atom stereocenters. The number of rotatable bonds is 2. The number of hydrogen-bond donors (Lipinski definition) is 1. The van der Waals surface area contributed by atoms with Gasteiger partial charge in [0.05, 0.1) is 15.7 Å². The Hall–Kier alpha value is -1.19. The van der Waals surface area contributed by atoms with Gasteiger partial charge in [-0.3, -0.25) is 14.6 Å². The van der Waals surface area contributed by atoms with Crippen LogP contribution < -0.4 is 5.56 Å². The average Bonchev–Trinajstić information content (AvgIpc) is 3.06. The molecule has 0 spiro atoms. The minimum atomic E-state index is -0.0852. The standard InChI is InChI=1S/C12H10Cl2N2O/c13-9-4-3-8(5-10(9)14)16-11(7-1-2-7)6-12(17)15-16/h3-7H,1-2H2,(H,15,17). The van der Waals surface area contributed by atoms with Crippen molar-refractivity contribution in [1.29, 1.82) is 0 Å². The predicted octanol–water partition coefficient (Wildman–Crippen LogP) is 3.35. The third-order valence-electron chi connectivity index (χ3n) is 2.92. The van der Waals surface area contributed by atoms with Crippen LogP contribution in [0.2, 0.25) is 10.0 Å². The summed E-state index contributed by atoms with van der Waals surface area (Å²) in [4.78, 5) is 11.4. The van der Waals surface area contributed by atoms with E-state index in [2.05, 4.69) is 5.10 Å². The highest BCUT2D eigenvalue weighted by Crippen LogP contribution is 2.40. The number of benzene rings is 1. The fourth-order valence-electron chi connectivity index (χ4n) is 1.92. The monoisotopic (exact) mass is 268 g/mol. The average molecular weight is 269 g/mol. The van der Waals surface area contributed by atoms with E-state index in [0.717, 1.165) is 24.2 Å². The van der Waals surface area contributed by atoms with E-state index in [1.54, 1.807) is 22.9 Å². The van der Waals surface area contributed by atoms with Gasteiger partial charge in [-0.15, -0.1) is 0 Å². The zero-order valence-corrected chi connectivity index (χ0v) is 10.4. The number of nitrogens with zero attached hydrogens (tertiary/aromatic N) is 1. The molecule has 0 amide bonds. The van der Waals surface area contributed by atoms with E-state index in [-0.39, 0.29) is 5.56 Å². The summed E-state index contributed by atoms with van der Waals surface area (Å²) in [7, 11) is 0. The minimum absolute atomic E-state index is 0.0852. The lowest BCUT2D eigenvalue weighted by atomic mass is 10.2. The normalized spacial score (nSPS) is 15.2. The molecule has 0 aliphatic heterocycles. The maximum absolute atomic E-state index is 11.4. The van der Waals surface area contributed by atoms with Crippen LogP contribution in [0.25, 0.3) is 5.69 Å². The second kappa shape index (κ2) is 3.93. The number of hydrogen-bond acceptors (Lipinski definition) is 1. The summed E-state index contributed by atoms with van der Waals surface area (Å²) in [6.45, 7) is 0. The van der Waals surface area contributed by atoms with Crippen LogP contribution in [0.4, 0.5) is 0 Å². The Labute approximate surface area is 108 Å². The molecule has 0 bridgehead atoms. The van der Waals surface area contributed by atoms with Gasteiger partial charge in [0.2, 0.25) is 0 Å². The molecule has 1 fully saturated rings. The van der Waals surface area contributed by atoms with E-state index >= 15 is 0 Å². The second-order valence-electron chi connectivity index (χ2n) is 4.25. The van der Waals surface area contributed by atoms with Gasteiger partial charge in [0.1, 0.15) is 0 Å². The van der Waals surface area contributed by atoms with Crippen LogP contribution in [0.3, 0.4) is 0 Å². The Kier molecular flexibility index (Phi) is 2.53. The highest BCUT2D eigenvalue weighted by molar-refractivity contribution is 6.42. The molecule has 2 aromatic rings. The third-order valence-corrected chi connectivity index (χ3v) is 3.66. The maximum atomic E-state index is 11.4. The van der Waals surface area contributed by atoms with Gasteiger partial charge in [-0.05, 0) is 31.0 Å². The van der Waals surface area contributed by atoms with Crippen LogP contribution in [0, 0.1) is 0 Å². The van der Waals surface area contributed by atoms with Crippen molar-refractivity contribution in [3.05, 3.63) is 50.4 Å². The summed E-state index contributed by atoms with van der Waals surface area (Å²) in [5, 5.41) is 3.79. The van der Waals surface area contributed by atoms with Crippen molar-refractivity contribution >= 4 is 23.2 Å². The van der Waals surface area contributed by atoms with E-state index in [9.17, 15) is 4.79 Å². The number of aromatic amines is 1. The van der Waals surface area contributed by atoms with Crippen molar-refractivity contribution in [2.45, 2.75) is 18.8 Å². The lowest BCUT2D eigenvalue weighted by Gasteiger charge is -2.08. The lowest BCUT2D eigenvalue weighted by Crippen LogP contribution is -2.05. The molecular weight excluding hydrogens is 259 g/mol. The van der Waals surface area contributed by atoms with Gasteiger partial charge < -0.3 is 0 Å². The summed E-state index contributed by atoms with van der Waals surface area (Å²) in [5.41, 5.74) is 1.77. The summed E-state index contributed by atoms with van der Waals surface area (Å²) in [6.07, 6.45) is 2.28. The number of nitrogens with one attached hydrogen (secondary N) is 1. The van der Waals surface area contributed by atoms with Crippen molar-refractivity contribution in [1.82, 2.24) is 9.78 Å². The molecule has 3 rings (SSSR count). The Morgan fingerprint density at radius 3 is 2.59 bits per heavy atom. The van der Waals surface area contributed by atoms with Crippen LogP contribution in [0.15, 0.2) is 29.1 Å². The quantitative estimate of drug-likeness (QED) is 0.891. The molecule has 1 aromatic carbocycles. The number of H-pyrrole nitrogens is 1. The zero-order chi connectivity index (χ0) is 12.0. The molecule has 1 N–H and O–H groups in total. The van der Waals surface area contributed by atoms with Crippen molar-refractivity contribution in [2.24, 2.45) is 0 Å². The van der Waals surface area contributed by atoms with E-state index in [4.69, 9.17) is 23.2 Å². The molecule has 1 aliphatic carbocycles. The third kappa shape index (κ3) is 2.01. The Balaban J connectivity index is 2.13. The van der Waals surface area contributed by atoms with Crippen LogP contribution in [-0.2, 0) is 0 Å². The Bertz CT molecular complexity index is 626. The molecule has 1 aromatic heterocycles. The van der Waals surface area contributed by atoms with Crippen molar-refractivity contribution in [3.8, 4) is 5.69 Å². The molecule has 5 heteroatoms. The second-order valence-corrected chi connectivity index (χ2v) is 5.07. The van der Waals surface area contributed by atoms with E-state index in [1.165, 1.54) is 0 Å². The summed E-state index contributed by atoms with van der Waals surface area (Å²) in [5.74, 6) is 0.489. The SMILES string of the molecule is O=c1cc(C2CC2)n(-c2ccc(Cl)c(Cl)c2)[nH]1. The number of aromatic nitrogens is 2. The number of halogens is 2. The molecule has 0 radical (unpaired) electrons. The Morgan fingerprint density at radius 2 is 1.94 bits per heavy atom. The first-order valence-corrected chi connectivity index (χ1v) is 6.18. The van der Waals surface area contributed by atoms with Gasteiger partial charge >= 0.3 is 0 Å². The highest BCUT2D eigenvalue weighted by Gasteiger charge is 2.28. The highest BCUT2D eigenvalue weighted by atomic mass is 35.5. The topological polar surface area (TPSA) is 37.8 Å². The van der Waals surface area contributed by atoms with Gasteiger partial charge in [0, 0.05) is 17.7 Å². The van der Waals surface area contributed by atoms with Gasteiger partial charge in [-0.25, -0.2) is 0 Å². The first kappa shape index (κ1) is 10.9. The van der Waals surface area contributed by atoms with Gasteiger partial charge in [-0.2, -0.15) is 0 Å². The summed E-state index contributed by atoms with van der Waals surface area (Å²) in [6, 6.07) is 6.98. The van der Waals surface area contributed by atoms with Gasteiger partial charge in [0.15, 0.2) is 0 Å². The minimum Gasteiger partial charge on any atom is -0.268 e. The lowest BCUT2D eigenvalue weighted by molar-refractivity contribution is 0.800. The molecule has 1 heterocycles. The van der Waals surface area contributed by atoms with Crippen LogP contribution >= 0.6 is 23.2 Å². The van der Waals surface area contributed by atoms with E-state index in [0.29, 0.717) is 16.0 Å². The maximum Gasteiger partial charge on any atom is 0.264 e. The molecular formula is C12H10Cl2N2O. The van der Waals surface area contributed by atoms with Crippen LogP contribution in [0.5, 0.6) is 0 Å². The fourth-order valence-corrected chi connectivity index (χ4v) is 2.22. The molecule has 3 nitrogen and oxygen atoms in total. The smallest absolute Gasteiger partial charge is 0.264 e. The predicted molar refractivity (Wildman–Crippen MR) is 68.4 cm³/mol. The van der Waals surface area contributed by atoms with E-state index < -0.39 is 0 Å². The molecule has 0 atom stereocenters. The summed E-state index contributed by atoms with van der Waals surface area (Å²) < 4.78 is 1.79. The summed E-state index contributed by atoms with van der Waals surface area (Å²) >= 11 is 11.9. The largest absolute Gasteiger partial charge is 0.268 e. The van der Waals surface area contributed by atoms with Crippen LogP contribution in [0.1, 0.15) is 24.5 Å². The van der Waals surface area contributed by atoms with Crippen molar-refractivity contribution in [2.75, 3.05) is 0 Å². The van der Waals surface area contributed by atoms with Crippen molar-refractivity contribution in [3.63, 3.8) is 0 Å². The van der Waals surface area contributed by atoms with Crippen molar-refractivity contribution < 1.29 is 0 Å². The molecule has 1 saturated carbocycles. The molecule has 1 aliphatic rings. The Morgan fingerprint density at radius 1 is 1.18 bits per heavy atom. The van der Waals surface area contributed by atoms with Gasteiger partial charge in [-0.1, -0.05) is 23.2 Å². The van der Waals surface area contributed by atoms with Crippen LogP contribution in [-0.4, -0.2) is 9.78 Å². The zero-order valence-electron chi connectivity index (χ0n) is 8.91. The fraction of sp³-hybridized carbons (Fsp3) is 0.250. The first-order chi connectivity index (χ1) is 8.15.